The summed E-state index contributed by atoms with van der Waals surface area (Å²) in [6.45, 7) is 5.49. The van der Waals surface area contributed by atoms with Crippen LogP contribution in [0.4, 0.5) is 0 Å². The highest BCUT2D eigenvalue weighted by Crippen LogP contribution is 2.23. The molecule has 2 unspecified atom stereocenters. The minimum Gasteiger partial charge on any atom is -0.477 e. The van der Waals surface area contributed by atoms with Crippen molar-refractivity contribution in [1.29, 1.82) is 0 Å². The molecule has 6 heteroatoms. The highest BCUT2D eigenvalue weighted by Gasteiger charge is 2.32. The van der Waals surface area contributed by atoms with Gasteiger partial charge in [-0.15, -0.1) is 0 Å². The van der Waals surface area contributed by atoms with Crippen LogP contribution in [0.15, 0.2) is 6.33 Å². The van der Waals surface area contributed by atoms with Gasteiger partial charge in [0.05, 0.1) is 6.33 Å². The second kappa shape index (κ2) is 4.20. The second-order valence-corrected chi connectivity index (χ2v) is 4.60. The molecule has 1 aliphatic rings. The zero-order valence-electron chi connectivity index (χ0n) is 9.80. The van der Waals surface area contributed by atoms with E-state index in [1.165, 1.54) is 6.33 Å². The molecule has 1 aliphatic heterocycles. The molecule has 2 atom stereocenters. The molecule has 0 bridgehead atoms. The van der Waals surface area contributed by atoms with E-state index in [2.05, 4.69) is 23.8 Å². The van der Waals surface area contributed by atoms with Crippen molar-refractivity contribution in [2.24, 2.45) is 11.8 Å². The van der Waals surface area contributed by atoms with E-state index in [-0.39, 0.29) is 17.3 Å². The molecule has 1 amide bonds. The van der Waals surface area contributed by atoms with Crippen molar-refractivity contribution in [3.8, 4) is 0 Å². The number of carboxylic acid groups (broad SMARTS) is 1. The van der Waals surface area contributed by atoms with Gasteiger partial charge in [-0.1, -0.05) is 13.8 Å². The van der Waals surface area contributed by atoms with E-state index in [0.717, 1.165) is 0 Å². The van der Waals surface area contributed by atoms with Crippen LogP contribution in [0.25, 0.3) is 0 Å². The number of imidazole rings is 1. The molecule has 0 aromatic carbocycles. The van der Waals surface area contributed by atoms with Gasteiger partial charge < -0.3 is 15.0 Å². The number of likely N-dealkylation sites (tertiary alicyclic amines) is 1. The van der Waals surface area contributed by atoms with Crippen LogP contribution in [0.5, 0.6) is 0 Å². The fraction of sp³-hybridized carbons (Fsp3) is 0.545. The molecule has 2 heterocycles. The number of aromatic nitrogens is 2. The van der Waals surface area contributed by atoms with Crippen LogP contribution >= 0.6 is 0 Å². The first-order valence-corrected chi connectivity index (χ1v) is 5.56. The average Bonchev–Trinajstić information content (AvgIpc) is 2.85. The van der Waals surface area contributed by atoms with E-state index in [1.807, 2.05) is 0 Å². The fourth-order valence-electron chi connectivity index (χ4n) is 2.06. The molecular weight excluding hydrogens is 222 g/mol. The summed E-state index contributed by atoms with van der Waals surface area (Å²) in [5.41, 5.74) is -0.138. The van der Waals surface area contributed by atoms with Gasteiger partial charge >= 0.3 is 5.97 Å². The number of nitrogens with zero attached hydrogens (tertiary/aromatic N) is 2. The lowest BCUT2D eigenvalue weighted by atomic mass is 10.0. The summed E-state index contributed by atoms with van der Waals surface area (Å²) in [6.07, 6.45) is 1.24. The standard InChI is InChI=1S/C11H15N3O3/c1-6-3-14(4-7(6)2)10(15)8-9(11(16)17)13-5-12-8/h5-7H,3-4H2,1-2H3,(H,12,13)(H,16,17). The number of carboxylic acids is 1. The smallest absolute Gasteiger partial charge is 0.354 e. The molecule has 1 aromatic heterocycles. The molecule has 17 heavy (non-hydrogen) atoms. The molecule has 1 fully saturated rings. The van der Waals surface area contributed by atoms with Crippen LogP contribution < -0.4 is 0 Å². The zero-order chi connectivity index (χ0) is 12.6. The summed E-state index contributed by atoms with van der Waals surface area (Å²) in [4.78, 5) is 30.9. The highest BCUT2D eigenvalue weighted by molar-refractivity contribution is 6.02. The van der Waals surface area contributed by atoms with Crippen molar-refractivity contribution in [3.63, 3.8) is 0 Å². The number of nitrogens with one attached hydrogen (secondary N) is 1. The third-order valence-corrected chi connectivity index (χ3v) is 3.33. The molecule has 0 spiro atoms. The van der Waals surface area contributed by atoms with E-state index < -0.39 is 5.97 Å². The number of aromatic carboxylic acids is 1. The Morgan fingerprint density at radius 3 is 2.53 bits per heavy atom. The minimum atomic E-state index is -1.16. The number of hydrogen-bond donors (Lipinski definition) is 2. The Morgan fingerprint density at radius 1 is 1.41 bits per heavy atom. The van der Waals surface area contributed by atoms with Crippen LogP contribution in [-0.4, -0.2) is 44.9 Å². The van der Waals surface area contributed by atoms with Gasteiger partial charge in [0.25, 0.3) is 5.91 Å². The maximum Gasteiger partial charge on any atom is 0.354 e. The number of H-pyrrole nitrogens is 1. The molecule has 6 nitrogen and oxygen atoms in total. The van der Waals surface area contributed by atoms with Crippen LogP contribution in [-0.2, 0) is 0 Å². The van der Waals surface area contributed by atoms with Crippen molar-refractivity contribution >= 4 is 11.9 Å². The Bertz CT molecular complexity index is 445. The number of amides is 1. The lowest BCUT2D eigenvalue weighted by Gasteiger charge is -2.14. The Hall–Kier alpha value is -1.85. The van der Waals surface area contributed by atoms with E-state index in [0.29, 0.717) is 24.9 Å². The van der Waals surface area contributed by atoms with Crippen LogP contribution in [0, 0.1) is 11.8 Å². The predicted octanol–water partition coefficient (Wildman–Crippen LogP) is 0.836. The van der Waals surface area contributed by atoms with E-state index in [4.69, 9.17) is 5.11 Å². The number of carbonyl (C=O) groups is 2. The largest absolute Gasteiger partial charge is 0.477 e. The molecule has 92 valence electrons. The topological polar surface area (TPSA) is 86.3 Å². The SMILES string of the molecule is CC1CN(C(=O)c2nc[nH]c2C(=O)O)CC1C. The minimum absolute atomic E-state index is 0.00111. The molecule has 2 N–H and O–H groups in total. The molecular formula is C11H15N3O3. The van der Waals surface area contributed by atoms with Gasteiger partial charge in [0.2, 0.25) is 0 Å². The van der Waals surface area contributed by atoms with E-state index >= 15 is 0 Å². The first-order valence-electron chi connectivity index (χ1n) is 5.56. The lowest BCUT2D eigenvalue weighted by molar-refractivity contribution is 0.0674. The van der Waals surface area contributed by atoms with Gasteiger partial charge in [-0.3, -0.25) is 4.79 Å². The normalized spacial score (nSPS) is 24.0. The van der Waals surface area contributed by atoms with Crippen molar-refractivity contribution in [2.75, 3.05) is 13.1 Å². The van der Waals surface area contributed by atoms with Crippen molar-refractivity contribution in [2.45, 2.75) is 13.8 Å². The first kappa shape index (κ1) is 11.6. The Balaban J connectivity index is 2.21. The Kier molecular flexibility index (Phi) is 2.87. The number of carbonyl (C=O) groups excluding carboxylic acids is 1. The maximum absolute atomic E-state index is 12.1. The van der Waals surface area contributed by atoms with Crippen LogP contribution in [0.3, 0.4) is 0 Å². The predicted molar refractivity (Wildman–Crippen MR) is 59.8 cm³/mol. The third-order valence-electron chi connectivity index (χ3n) is 3.33. The van der Waals surface area contributed by atoms with Gasteiger partial charge in [0, 0.05) is 13.1 Å². The van der Waals surface area contributed by atoms with Crippen LogP contribution in [0.2, 0.25) is 0 Å². The molecule has 0 radical (unpaired) electrons. The molecule has 2 rings (SSSR count). The van der Waals surface area contributed by atoms with E-state index in [1.54, 1.807) is 4.90 Å². The summed E-state index contributed by atoms with van der Waals surface area (Å²) in [7, 11) is 0. The fourth-order valence-corrected chi connectivity index (χ4v) is 2.06. The highest BCUT2D eigenvalue weighted by atomic mass is 16.4. The molecule has 0 saturated carbocycles. The monoisotopic (exact) mass is 237 g/mol. The zero-order valence-corrected chi connectivity index (χ0v) is 9.80. The quantitative estimate of drug-likeness (QED) is 0.797. The first-order chi connectivity index (χ1) is 8.00. The van der Waals surface area contributed by atoms with Crippen LogP contribution in [0.1, 0.15) is 34.8 Å². The summed E-state index contributed by atoms with van der Waals surface area (Å²) in [6, 6.07) is 0. The third kappa shape index (κ3) is 2.02. The van der Waals surface area contributed by atoms with Gasteiger partial charge in [0.1, 0.15) is 0 Å². The summed E-state index contributed by atoms with van der Waals surface area (Å²) in [5, 5.41) is 8.91. The molecule has 1 saturated heterocycles. The second-order valence-electron chi connectivity index (χ2n) is 4.60. The Labute approximate surface area is 98.7 Å². The van der Waals surface area contributed by atoms with Gasteiger partial charge in [-0.05, 0) is 11.8 Å². The van der Waals surface area contributed by atoms with Gasteiger partial charge in [0.15, 0.2) is 11.4 Å². The molecule has 1 aromatic rings. The van der Waals surface area contributed by atoms with Crippen molar-refractivity contribution in [3.05, 3.63) is 17.7 Å². The summed E-state index contributed by atoms with van der Waals surface area (Å²) < 4.78 is 0. The maximum atomic E-state index is 12.1. The van der Waals surface area contributed by atoms with E-state index in [9.17, 15) is 9.59 Å². The van der Waals surface area contributed by atoms with Gasteiger partial charge in [-0.25, -0.2) is 9.78 Å². The average molecular weight is 237 g/mol. The van der Waals surface area contributed by atoms with Crippen molar-refractivity contribution in [1.82, 2.24) is 14.9 Å². The number of rotatable bonds is 2. The summed E-state index contributed by atoms with van der Waals surface area (Å²) >= 11 is 0. The number of hydrogen-bond acceptors (Lipinski definition) is 3. The van der Waals surface area contributed by atoms with Crippen molar-refractivity contribution < 1.29 is 14.7 Å². The summed E-state index contributed by atoms with van der Waals surface area (Å²) in [5.74, 6) is -0.594. The molecule has 0 aliphatic carbocycles. The number of aromatic amines is 1. The lowest BCUT2D eigenvalue weighted by Crippen LogP contribution is -2.30. The van der Waals surface area contributed by atoms with Gasteiger partial charge in [-0.2, -0.15) is 0 Å². The Morgan fingerprint density at radius 2 is 2.00 bits per heavy atom.